The summed E-state index contributed by atoms with van der Waals surface area (Å²) < 4.78 is 27.5. The van der Waals surface area contributed by atoms with E-state index in [9.17, 15) is 13.7 Å². The van der Waals surface area contributed by atoms with Gasteiger partial charge in [0.25, 0.3) is 0 Å². The van der Waals surface area contributed by atoms with Crippen molar-refractivity contribution >= 4 is 21.3 Å². The van der Waals surface area contributed by atoms with E-state index >= 15 is 0 Å². The van der Waals surface area contributed by atoms with E-state index in [-0.39, 0.29) is 16.3 Å². The van der Waals surface area contributed by atoms with Crippen molar-refractivity contribution in [3.8, 4) is 6.07 Å². The van der Waals surface area contributed by atoms with E-state index in [1.54, 1.807) is 24.3 Å². The summed E-state index contributed by atoms with van der Waals surface area (Å²) in [6, 6.07) is 16.3. The van der Waals surface area contributed by atoms with E-state index in [0.29, 0.717) is 25.2 Å². The monoisotopic (exact) mass is 407 g/mol. The number of nitriles is 1. The van der Waals surface area contributed by atoms with Crippen molar-refractivity contribution in [2.45, 2.75) is 17.9 Å². The molecule has 3 aromatic rings. The molecule has 1 aromatic heterocycles. The van der Waals surface area contributed by atoms with Crippen LogP contribution in [0.5, 0.6) is 0 Å². The Labute approximate surface area is 167 Å². The zero-order valence-corrected chi connectivity index (χ0v) is 16.1. The lowest BCUT2D eigenvalue weighted by Gasteiger charge is -2.28. The van der Waals surface area contributed by atoms with Crippen molar-refractivity contribution in [3.05, 3.63) is 71.7 Å². The SMILES string of the molecule is N#CC(=CNc1ccc(S(=O)(=O)N2CCc3ccccc3C2)cc1)c1nn[nH]n1. The van der Waals surface area contributed by atoms with Gasteiger partial charge in [0.2, 0.25) is 15.8 Å². The van der Waals surface area contributed by atoms with Gasteiger partial charge >= 0.3 is 0 Å². The second kappa shape index (κ2) is 7.83. The van der Waals surface area contributed by atoms with Crippen LogP contribution in [0.2, 0.25) is 0 Å². The molecule has 0 spiro atoms. The predicted octanol–water partition coefficient (Wildman–Crippen LogP) is 1.92. The molecule has 4 rings (SSSR count). The van der Waals surface area contributed by atoms with Crippen LogP contribution in [0.3, 0.4) is 0 Å². The number of nitrogens with one attached hydrogen (secondary N) is 2. The zero-order valence-electron chi connectivity index (χ0n) is 15.3. The topological polar surface area (TPSA) is 128 Å². The first-order valence-electron chi connectivity index (χ1n) is 8.85. The van der Waals surface area contributed by atoms with Crippen LogP contribution < -0.4 is 5.32 Å². The third-order valence-electron chi connectivity index (χ3n) is 4.68. The van der Waals surface area contributed by atoms with Crippen molar-refractivity contribution < 1.29 is 8.42 Å². The highest BCUT2D eigenvalue weighted by molar-refractivity contribution is 7.89. The van der Waals surface area contributed by atoms with Gasteiger partial charge in [0.1, 0.15) is 11.6 Å². The first-order chi connectivity index (χ1) is 14.1. The molecular formula is C19H17N7O2S. The molecule has 0 radical (unpaired) electrons. The number of anilines is 1. The van der Waals surface area contributed by atoms with Crippen molar-refractivity contribution in [2.75, 3.05) is 11.9 Å². The smallest absolute Gasteiger partial charge is 0.243 e. The summed E-state index contributed by atoms with van der Waals surface area (Å²) in [7, 11) is -3.59. The Balaban J connectivity index is 1.50. The maximum Gasteiger partial charge on any atom is 0.243 e. The maximum atomic E-state index is 13.0. The third kappa shape index (κ3) is 3.87. The van der Waals surface area contributed by atoms with Crippen molar-refractivity contribution in [2.24, 2.45) is 0 Å². The molecule has 0 saturated carbocycles. The predicted molar refractivity (Wildman–Crippen MR) is 106 cm³/mol. The highest BCUT2D eigenvalue weighted by Gasteiger charge is 2.28. The number of hydrogen-bond donors (Lipinski definition) is 2. The number of nitrogens with zero attached hydrogens (tertiary/aromatic N) is 5. The van der Waals surface area contributed by atoms with Gasteiger partial charge in [-0.2, -0.15) is 14.8 Å². The maximum absolute atomic E-state index is 13.0. The van der Waals surface area contributed by atoms with Crippen molar-refractivity contribution in [1.29, 1.82) is 5.26 Å². The van der Waals surface area contributed by atoms with Crippen molar-refractivity contribution in [3.63, 3.8) is 0 Å². The molecule has 2 N–H and O–H groups in total. The van der Waals surface area contributed by atoms with E-state index in [1.165, 1.54) is 16.1 Å². The van der Waals surface area contributed by atoms with Gasteiger partial charge in [0.05, 0.1) is 4.90 Å². The van der Waals surface area contributed by atoms with Gasteiger partial charge in [-0.05, 0) is 47.0 Å². The molecule has 0 bridgehead atoms. The van der Waals surface area contributed by atoms with Crippen molar-refractivity contribution in [1.82, 2.24) is 24.9 Å². The van der Waals surface area contributed by atoms with Gasteiger partial charge in [0.15, 0.2) is 0 Å². The van der Waals surface area contributed by atoms with E-state index in [4.69, 9.17) is 0 Å². The third-order valence-corrected chi connectivity index (χ3v) is 6.54. The molecule has 0 amide bonds. The molecule has 1 aliphatic heterocycles. The Bertz CT molecular complexity index is 1180. The number of hydrogen-bond acceptors (Lipinski definition) is 7. The number of aromatic nitrogens is 4. The Hall–Kier alpha value is -3.55. The van der Waals surface area contributed by atoms with Gasteiger partial charge in [-0.15, -0.1) is 10.2 Å². The number of tetrazole rings is 1. The van der Waals surface area contributed by atoms with Crippen LogP contribution in [0.15, 0.2) is 59.6 Å². The highest BCUT2D eigenvalue weighted by atomic mass is 32.2. The first-order valence-corrected chi connectivity index (χ1v) is 10.3. The molecule has 0 fully saturated rings. The number of sulfonamides is 1. The lowest BCUT2D eigenvalue weighted by atomic mass is 10.0. The fourth-order valence-corrected chi connectivity index (χ4v) is 4.54. The minimum Gasteiger partial charge on any atom is -0.360 e. The number of aromatic amines is 1. The van der Waals surface area contributed by atoms with Crippen LogP contribution >= 0.6 is 0 Å². The standard InChI is InChI=1S/C19H17N7O2S/c20-11-16(19-22-24-25-23-19)12-21-17-5-7-18(8-6-17)29(27,28)26-10-9-14-3-1-2-4-15(14)13-26/h1-8,12,21H,9-10,13H2,(H,22,23,24,25). The second-order valence-corrected chi connectivity index (χ2v) is 8.37. The molecule has 0 saturated heterocycles. The van der Waals surface area contributed by atoms with Gasteiger partial charge in [-0.25, -0.2) is 8.42 Å². The summed E-state index contributed by atoms with van der Waals surface area (Å²) in [5.74, 6) is 0.171. The Morgan fingerprint density at radius 3 is 2.62 bits per heavy atom. The number of fused-ring (bicyclic) bond motifs is 1. The Morgan fingerprint density at radius 2 is 1.93 bits per heavy atom. The van der Waals surface area contributed by atoms with E-state index in [0.717, 1.165) is 5.56 Å². The van der Waals surface area contributed by atoms with Crippen LogP contribution in [0.4, 0.5) is 5.69 Å². The molecule has 0 atom stereocenters. The number of allylic oxidation sites excluding steroid dienone is 1. The summed E-state index contributed by atoms with van der Waals surface area (Å²) in [5.41, 5.74) is 3.06. The molecule has 2 aromatic carbocycles. The number of benzene rings is 2. The molecule has 10 heteroatoms. The van der Waals surface area contributed by atoms with Gasteiger partial charge in [0, 0.05) is 25.0 Å². The molecule has 1 aliphatic rings. The Kier molecular flexibility index (Phi) is 5.07. The van der Waals surface area contributed by atoms with Crippen LogP contribution in [0, 0.1) is 11.3 Å². The summed E-state index contributed by atoms with van der Waals surface area (Å²) >= 11 is 0. The first kappa shape index (κ1) is 18.8. The lowest BCUT2D eigenvalue weighted by Crippen LogP contribution is -2.35. The summed E-state index contributed by atoms with van der Waals surface area (Å²) in [5, 5.41) is 25.3. The lowest BCUT2D eigenvalue weighted by molar-refractivity contribution is 0.391. The van der Waals surface area contributed by atoms with Crippen LogP contribution in [-0.4, -0.2) is 39.9 Å². The van der Waals surface area contributed by atoms with Gasteiger partial charge < -0.3 is 5.32 Å². The fraction of sp³-hybridized carbons (Fsp3) is 0.158. The Morgan fingerprint density at radius 1 is 1.17 bits per heavy atom. The summed E-state index contributed by atoms with van der Waals surface area (Å²) in [6.45, 7) is 0.829. The second-order valence-electron chi connectivity index (χ2n) is 6.43. The van der Waals surface area contributed by atoms with Crippen LogP contribution in [0.25, 0.3) is 5.57 Å². The molecule has 9 nitrogen and oxygen atoms in total. The minimum absolute atomic E-state index is 0.171. The quantitative estimate of drug-likeness (QED) is 0.619. The fourth-order valence-electron chi connectivity index (χ4n) is 3.13. The number of H-pyrrole nitrogens is 1. The molecule has 0 unspecified atom stereocenters. The van der Waals surface area contributed by atoms with Crippen LogP contribution in [0.1, 0.15) is 17.0 Å². The molecule has 2 heterocycles. The normalized spacial score (nSPS) is 14.8. The van der Waals surface area contributed by atoms with E-state index in [1.807, 2.05) is 30.3 Å². The van der Waals surface area contributed by atoms with Gasteiger partial charge in [-0.1, -0.05) is 24.3 Å². The molecule has 0 aliphatic carbocycles. The minimum atomic E-state index is -3.59. The average Bonchev–Trinajstić information content (AvgIpc) is 3.29. The molecule has 29 heavy (non-hydrogen) atoms. The summed E-state index contributed by atoms with van der Waals surface area (Å²) in [4.78, 5) is 0.227. The largest absolute Gasteiger partial charge is 0.360 e. The molecular weight excluding hydrogens is 390 g/mol. The van der Waals surface area contributed by atoms with Gasteiger partial charge in [-0.3, -0.25) is 0 Å². The average molecular weight is 407 g/mol. The highest BCUT2D eigenvalue weighted by Crippen LogP contribution is 2.25. The van der Waals surface area contributed by atoms with Crippen LogP contribution in [-0.2, 0) is 23.0 Å². The van der Waals surface area contributed by atoms with E-state index < -0.39 is 10.0 Å². The van der Waals surface area contributed by atoms with E-state index in [2.05, 4.69) is 25.9 Å². The molecule has 146 valence electrons. The summed E-state index contributed by atoms with van der Waals surface area (Å²) in [6.07, 6.45) is 2.14. The zero-order chi connectivity index (χ0) is 20.3. The number of rotatable bonds is 5.